The number of hydrogen-bond donors (Lipinski definition) is 0. The van der Waals surface area contributed by atoms with Crippen molar-refractivity contribution >= 4 is 17.2 Å². The summed E-state index contributed by atoms with van der Waals surface area (Å²) in [6.07, 6.45) is 1.68. The van der Waals surface area contributed by atoms with Crippen molar-refractivity contribution in [3.63, 3.8) is 0 Å². The fourth-order valence-corrected chi connectivity index (χ4v) is 2.46. The first-order valence-electron chi connectivity index (χ1n) is 7.98. The van der Waals surface area contributed by atoms with Gasteiger partial charge in [0.05, 0.1) is 17.0 Å². The van der Waals surface area contributed by atoms with Crippen LogP contribution in [0.15, 0.2) is 77.9 Å². The maximum Gasteiger partial charge on any atom is 0.228 e. The van der Waals surface area contributed by atoms with E-state index in [9.17, 15) is 4.79 Å². The summed E-state index contributed by atoms with van der Waals surface area (Å²) < 4.78 is 5.89. The Morgan fingerprint density at radius 1 is 0.880 bits per heavy atom. The van der Waals surface area contributed by atoms with Crippen molar-refractivity contribution in [2.24, 2.45) is 4.99 Å². The van der Waals surface area contributed by atoms with Crippen LogP contribution in [0.5, 0.6) is 11.6 Å². The van der Waals surface area contributed by atoms with E-state index in [0.29, 0.717) is 22.9 Å². The smallest absolute Gasteiger partial charge is 0.228 e. The van der Waals surface area contributed by atoms with E-state index in [2.05, 4.69) is 9.98 Å². The van der Waals surface area contributed by atoms with Crippen LogP contribution in [0, 0.1) is 0 Å². The lowest BCUT2D eigenvalue weighted by molar-refractivity contribution is 0.101. The summed E-state index contributed by atoms with van der Waals surface area (Å²) in [7, 11) is 0. The molecule has 0 amide bonds. The largest absolute Gasteiger partial charge is 0.438 e. The molecule has 3 aromatic rings. The van der Waals surface area contributed by atoms with Gasteiger partial charge in [-0.25, -0.2) is 4.98 Å². The molecular formula is C21H18N2O2. The molecule has 0 bridgehead atoms. The van der Waals surface area contributed by atoms with Crippen molar-refractivity contribution in [3.8, 4) is 11.6 Å². The van der Waals surface area contributed by atoms with Crippen molar-refractivity contribution in [2.75, 3.05) is 0 Å². The van der Waals surface area contributed by atoms with Crippen molar-refractivity contribution < 1.29 is 9.53 Å². The van der Waals surface area contributed by atoms with Gasteiger partial charge < -0.3 is 4.74 Å². The molecule has 0 radical (unpaired) electrons. The van der Waals surface area contributed by atoms with E-state index in [4.69, 9.17) is 4.74 Å². The molecule has 1 aromatic heterocycles. The normalized spacial score (nSPS) is 11.2. The van der Waals surface area contributed by atoms with Gasteiger partial charge in [-0.3, -0.25) is 9.79 Å². The van der Waals surface area contributed by atoms with Crippen LogP contribution in [0.2, 0.25) is 0 Å². The molecule has 0 aliphatic heterocycles. The first kappa shape index (κ1) is 16.6. The average molecular weight is 330 g/mol. The van der Waals surface area contributed by atoms with Crippen molar-refractivity contribution in [2.45, 2.75) is 13.8 Å². The summed E-state index contributed by atoms with van der Waals surface area (Å²) in [6.45, 7) is 3.42. The SMILES string of the molecule is CC(=O)c1ccccc1N=C(C)c1cccnc1Oc1ccccc1. The third-order valence-corrected chi connectivity index (χ3v) is 3.69. The first-order chi connectivity index (χ1) is 12.1. The van der Waals surface area contributed by atoms with Gasteiger partial charge in [0.15, 0.2) is 5.78 Å². The number of aliphatic imine (C=N–C) groups is 1. The van der Waals surface area contributed by atoms with Crippen LogP contribution in [0.4, 0.5) is 5.69 Å². The van der Waals surface area contributed by atoms with Gasteiger partial charge in [0.2, 0.25) is 5.88 Å². The van der Waals surface area contributed by atoms with Crippen molar-refractivity contribution in [1.82, 2.24) is 4.98 Å². The van der Waals surface area contributed by atoms with E-state index >= 15 is 0 Å². The Labute approximate surface area is 146 Å². The Bertz CT molecular complexity index is 918. The van der Waals surface area contributed by atoms with Gasteiger partial charge >= 0.3 is 0 Å². The number of pyridine rings is 1. The molecule has 0 aliphatic rings. The number of ketones is 1. The van der Waals surface area contributed by atoms with Crippen LogP contribution in [0.1, 0.15) is 29.8 Å². The molecule has 0 saturated carbocycles. The topological polar surface area (TPSA) is 51.5 Å². The van der Waals surface area contributed by atoms with Gasteiger partial charge in [0.25, 0.3) is 0 Å². The molecule has 0 N–H and O–H groups in total. The van der Waals surface area contributed by atoms with Crippen LogP contribution in [-0.4, -0.2) is 16.5 Å². The summed E-state index contributed by atoms with van der Waals surface area (Å²) in [4.78, 5) is 20.7. The Hall–Kier alpha value is -3.27. The van der Waals surface area contributed by atoms with Crippen molar-refractivity contribution in [1.29, 1.82) is 0 Å². The molecule has 0 aliphatic carbocycles. The van der Waals surface area contributed by atoms with E-state index in [1.807, 2.05) is 67.6 Å². The number of ether oxygens (including phenoxy) is 1. The second kappa shape index (κ2) is 7.53. The second-order valence-electron chi connectivity index (χ2n) is 5.54. The number of benzene rings is 2. The molecule has 3 rings (SSSR count). The number of para-hydroxylation sites is 2. The van der Waals surface area contributed by atoms with Gasteiger partial charge in [0, 0.05) is 11.8 Å². The van der Waals surface area contributed by atoms with Gasteiger partial charge in [-0.05, 0) is 50.2 Å². The third kappa shape index (κ3) is 3.98. The average Bonchev–Trinajstić information content (AvgIpc) is 2.63. The first-order valence-corrected chi connectivity index (χ1v) is 7.98. The number of aromatic nitrogens is 1. The molecule has 0 spiro atoms. The molecule has 0 unspecified atom stereocenters. The van der Waals surface area contributed by atoms with E-state index < -0.39 is 0 Å². The van der Waals surface area contributed by atoms with Crippen LogP contribution in [0.3, 0.4) is 0 Å². The summed E-state index contributed by atoms with van der Waals surface area (Å²) in [5, 5.41) is 0. The zero-order valence-electron chi connectivity index (χ0n) is 14.1. The quantitative estimate of drug-likeness (QED) is 0.476. The highest BCUT2D eigenvalue weighted by molar-refractivity contribution is 6.05. The van der Waals surface area contributed by atoms with Crippen LogP contribution < -0.4 is 4.74 Å². The lowest BCUT2D eigenvalue weighted by Gasteiger charge is -2.10. The lowest BCUT2D eigenvalue weighted by atomic mass is 10.1. The standard InChI is InChI=1S/C21H18N2O2/c1-15(23-20-13-7-6-11-19(20)16(2)24)18-12-8-14-22-21(18)25-17-9-4-3-5-10-17/h3-14H,1-2H3. The highest BCUT2D eigenvalue weighted by atomic mass is 16.5. The highest BCUT2D eigenvalue weighted by Gasteiger charge is 2.11. The van der Waals surface area contributed by atoms with Crippen LogP contribution in [0.25, 0.3) is 0 Å². The second-order valence-corrected chi connectivity index (χ2v) is 5.54. The minimum Gasteiger partial charge on any atom is -0.438 e. The van der Waals surface area contributed by atoms with Gasteiger partial charge in [0.1, 0.15) is 5.75 Å². The molecule has 4 nitrogen and oxygen atoms in total. The maximum atomic E-state index is 11.8. The Balaban J connectivity index is 1.98. The summed E-state index contributed by atoms with van der Waals surface area (Å²) >= 11 is 0. The number of Topliss-reactive ketones (excluding diaryl/α,β-unsaturated/α-hetero) is 1. The number of nitrogens with zero attached hydrogens (tertiary/aromatic N) is 2. The minimum absolute atomic E-state index is 0.0147. The van der Waals surface area contributed by atoms with Crippen LogP contribution >= 0.6 is 0 Å². The lowest BCUT2D eigenvalue weighted by Crippen LogP contribution is -2.01. The maximum absolute atomic E-state index is 11.8. The minimum atomic E-state index is -0.0147. The number of carbonyl (C=O) groups is 1. The summed E-state index contributed by atoms with van der Waals surface area (Å²) in [5.74, 6) is 1.17. The number of rotatable bonds is 5. The highest BCUT2D eigenvalue weighted by Crippen LogP contribution is 2.26. The fourth-order valence-electron chi connectivity index (χ4n) is 2.46. The van der Waals surface area contributed by atoms with E-state index in [1.54, 1.807) is 12.3 Å². The monoisotopic (exact) mass is 330 g/mol. The fraction of sp³-hybridized carbons (Fsp3) is 0.0952. The zero-order chi connectivity index (χ0) is 17.6. The number of carbonyl (C=O) groups excluding carboxylic acids is 1. The molecule has 25 heavy (non-hydrogen) atoms. The molecular weight excluding hydrogens is 312 g/mol. The Morgan fingerprint density at radius 2 is 1.56 bits per heavy atom. The Morgan fingerprint density at radius 3 is 2.32 bits per heavy atom. The molecule has 124 valence electrons. The molecule has 0 fully saturated rings. The summed E-state index contributed by atoms with van der Waals surface area (Å²) in [5.41, 5.74) is 2.75. The molecule has 4 heteroatoms. The predicted molar refractivity (Wildman–Crippen MR) is 99.1 cm³/mol. The van der Waals surface area contributed by atoms with E-state index in [1.165, 1.54) is 6.92 Å². The molecule has 0 atom stereocenters. The zero-order valence-corrected chi connectivity index (χ0v) is 14.1. The molecule has 2 aromatic carbocycles. The van der Waals surface area contributed by atoms with Gasteiger partial charge in [-0.1, -0.05) is 30.3 Å². The van der Waals surface area contributed by atoms with Crippen molar-refractivity contribution in [3.05, 3.63) is 84.1 Å². The molecule has 1 heterocycles. The van der Waals surface area contributed by atoms with E-state index in [0.717, 1.165) is 11.3 Å². The van der Waals surface area contributed by atoms with Gasteiger partial charge in [-0.2, -0.15) is 0 Å². The third-order valence-electron chi connectivity index (χ3n) is 3.69. The van der Waals surface area contributed by atoms with Crippen LogP contribution in [-0.2, 0) is 0 Å². The predicted octanol–water partition coefficient (Wildman–Crippen LogP) is 5.22. The van der Waals surface area contributed by atoms with E-state index in [-0.39, 0.29) is 5.78 Å². The number of hydrogen-bond acceptors (Lipinski definition) is 4. The summed E-state index contributed by atoms with van der Waals surface area (Å²) in [6, 6.07) is 20.5. The van der Waals surface area contributed by atoms with Gasteiger partial charge in [-0.15, -0.1) is 0 Å². The Kier molecular flexibility index (Phi) is 5.00. The molecule has 0 saturated heterocycles.